The van der Waals surface area contributed by atoms with Gasteiger partial charge in [-0.05, 0) is 30.0 Å². The minimum atomic E-state index is 0.493. The van der Waals surface area contributed by atoms with Crippen LogP contribution in [0.25, 0.3) is 5.52 Å². The average molecular weight is 257 g/mol. The Morgan fingerprint density at radius 3 is 2.89 bits per heavy atom. The van der Waals surface area contributed by atoms with Crippen LogP contribution in [0.3, 0.4) is 0 Å². The molecule has 0 bridgehead atoms. The summed E-state index contributed by atoms with van der Waals surface area (Å²) in [5.41, 5.74) is 7.86. The van der Waals surface area contributed by atoms with E-state index >= 15 is 0 Å². The van der Waals surface area contributed by atoms with E-state index in [1.54, 1.807) is 11.3 Å². The highest BCUT2D eigenvalue weighted by atomic mass is 32.1. The second-order valence-electron chi connectivity index (χ2n) is 4.21. The molecule has 3 rings (SSSR count). The Morgan fingerprint density at radius 2 is 2.11 bits per heavy atom. The molecule has 92 valence electrons. The molecule has 0 radical (unpaired) electrons. The first-order valence-electron chi connectivity index (χ1n) is 6.06. The smallest absolute Gasteiger partial charge is 0.113 e. The van der Waals surface area contributed by atoms with Gasteiger partial charge >= 0.3 is 0 Å². The summed E-state index contributed by atoms with van der Waals surface area (Å²) in [6.45, 7) is 0.493. The van der Waals surface area contributed by atoms with Gasteiger partial charge in [0, 0.05) is 24.0 Å². The van der Waals surface area contributed by atoms with E-state index in [1.807, 2.05) is 12.1 Å². The zero-order valence-corrected chi connectivity index (χ0v) is 10.9. The van der Waals surface area contributed by atoms with E-state index in [0.717, 1.165) is 29.9 Å². The monoisotopic (exact) mass is 257 g/mol. The highest BCUT2D eigenvalue weighted by molar-refractivity contribution is 7.09. The number of aromatic nitrogens is 2. The first kappa shape index (κ1) is 11.4. The van der Waals surface area contributed by atoms with Crippen LogP contribution in [0.1, 0.15) is 16.4 Å². The summed E-state index contributed by atoms with van der Waals surface area (Å²) in [5, 5.41) is 2.12. The van der Waals surface area contributed by atoms with E-state index in [4.69, 9.17) is 5.73 Å². The predicted octanol–water partition coefficient (Wildman–Crippen LogP) is 2.64. The minimum absolute atomic E-state index is 0.493. The molecule has 0 aliphatic carbocycles. The van der Waals surface area contributed by atoms with Crippen molar-refractivity contribution in [3.63, 3.8) is 0 Å². The fraction of sp³-hybridized carbons (Fsp3) is 0.214. The van der Waals surface area contributed by atoms with Crippen LogP contribution in [0.4, 0.5) is 0 Å². The third-order valence-electron chi connectivity index (χ3n) is 3.07. The number of hydrogen-bond acceptors (Lipinski definition) is 3. The fourth-order valence-corrected chi connectivity index (χ4v) is 2.90. The lowest BCUT2D eigenvalue weighted by atomic mass is 10.2. The van der Waals surface area contributed by atoms with Gasteiger partial charge in [0.05, 0.1) is 11.2 Å². The van der Waals surface area contributed by atoms with Gasteiger partial charge in [-0.2, -0.15) is 0 Å². The second-order valence-corrected chi connectivity index (χ2v) is 5.25. The van der Waals surface area contributed by atoms with Crippen molar-refractivity contribution in [1.29, 1.82) is 0 Å². The molecule has 0 aliphatic heterocycles. The molecular formula is C14H15N3S. The number of aryl methyl sites for hydroxylation is 2. The van der Waals surface area contributed by atoms with Crippen LogP contribution in [0.2, 0.25) is 0 Å². The van der Waals surface area contributed by atoms with Gasteiger partial charge in [0.1, 0.15) is 5.82 Å². The Kier molecular flexibility index (Phi) is 3.13. The largest absolute Gasteiger partial charge is 0.325 e. The molecule has 0 fully saturated rings. The van der Waals surface area contributed by atoms with Crippen molar-refractivity contribution in [1.82, 2.24) is 9.38 Å². The third kappa shape index (κ3) is 2.05. The van der Waals surface area contributed by atoms with Gasteiger partial charge in [-0.15, -0.1) is 11.3 Å². The van der Waals surface area contributed by atoms with Gasteiger partial charge in [-0.1, -0.05) is 12.1 Å². The van der Waals surface area contributed by atoms with Gasteiger partial charge in [0.15, 0.2) is 0 Å². The Balaban J connectivity index is 1.91. The molecule has 0 spiro atoms. The maximum Gasteiger partial charge on any atom is 0.113 e. The lowest BCUT2D eigenvalue weighted by Crippen LogP contribution is -1.97. The molecule has 0 saturated heterocycles. The van der Waals surface area contributed by atoms with E-state index in [2.05, 4.69) is 39.2 Å². The Bertz CT molecular complexity index is 640. The number of thiophene rings is 1. The highest BCUT2D eigenvalue weighted by Gasteiger charge is 2.09. The first-order chi connectivity index (χ1) is 8.88. The SMILES string of the molecule is NCc1nc(CCc2cccs2)n2ccccc12. The Labute approximate surface area is 110 Å². The quantitative estimate of drug-likeness (QED) is 0.781. The van der Waals surface area contributed by atoms with Gasteiger partial charge in [-0.3, -0.25) is 0 Å². The normalized spacial score (nSPS) is 11.2. The number of nitrogens with zero attached hydrogens (tertiary/aromatic N) is 2. The Hall–Kier alpha value is -1.65. The van der Waals surface area contributed by atoms with Crippen LogP contribution in [-0.2, 0) is 19.4 Å². The molecule has 18 heavy (non-hydrogen) atoms. The molecule has 2 N–H and O–H groups in total. The van der Waals surface area contributed by atoms with Crippen molar-refractivity contribution in [2.45, 2.75) is 19.4 Å². The molecule has 0 unspecified atom stereocenters. The number of rotatable bonds is 4. The summed E-state index contributed by atoms with van der Waals surface area (Å²) < 4.78 is 2.15. The average Bonchev–Trinajstić information content (AvgIpc) is 3.04. The molecule has 3 aromatic rings. The molecule has 0 aromatic carbocycles. The Morgan fingerprint density at radius 1 is 1.17 bits per heavy atom. The molecule has 0 aliphatic rings. The molecule has 0 amide bonds. The predicted molar refractivity (Wildman–Crippen MR) is 74.8 cm³/mol. The van der Waals surface area contributed by atoms with Gasteiger partial charge in [0.25, 0.3) is 0 Å². The summed E-state index contributed by atoms with van der Waals surface area (Å²) >= 11 is 1.80. The van der Waals surface area contributed by atoms with Crippen LogP contribution >= 0.6 is 11.3 Å². The molecule has 3 aromatic heterocycles. The maximum absolute atomic E-state index is 5.75. The number of hydrogen-bond donors (Lipinski definition) is 1. The minimum Gasteiger partial charge on any atom is -0.325 e. The zero-order valence-electron chi connectivity index (χ0n) is 10.0. The lowest BCUT2D eigenvalue weighted by molar-refractivity contribution is 0.854. The number of fused-ring (bicyclic) bond motifs is 1. The van der Waals surface area contributed by atoms with E-state index in [-0.39, 0.29) is 0 Å². The molecule has 3 heterocycles. The molecule has 3 nitrogen and oxygen atoms in total. The lowest BCUT2D eigenvalue weighted by Gasteiger charge is -1.99. The second kappa shape index (κ2) is 4.92. The van der Waals surface area contributed by atoms with E-state index in [1.165, 1.54) is 4.88 Å². The maximum atomic E-state index is 5.75. The third-order valence-corrected chi connectivity index (χ3v) is 4.00. The summed E-state index contributed by atoms with van der Waals surface area (Å²) in [4.78, 5) is 6.05. The van der Waals surface area contributed by atoms with Crippen LogP contribution < -0.4 is 5.73 Å². The number of nitrogens with two attached hydrogens (primary N) is 1. The number of pyridine rings is 1. The fourth-order valence-electron chi connectivity index (χ4n) is 2.19. The van der Waals surface area contributed by atoms with Crippen molar-refractivity contribution in [3.05, 3.63) is 58.3 Å². The summed E-state index contributed by atoms with van der Waals surface area (Å²) in [5.74, 6) is 1.10. The standard InChI is InChI=1S/C14H15N3S/c15-10-12-13-5-1-2-8-17(13)14(16-12)7-6-11-4-3-9-18-11/h1-5,8-9H,6-7,10,15H2. The molecule has 4 heteroatoms. The molecule has 0 saturated carbocycles. The van der Waals surface area contributed by atoms with Crippen LogP contribution in [-0.4, -0.2) is 9.38 Å². The van der Waals surface area contributed by atoms with E-state index < -0.39 is 0 Å². The zero-order chi connectivity index (χ0) is 12.4. The summed E-state index contributed by atoms with van der Waals surface area (Å²) in [6.07, 6.45) is 4.05. The van der Waals surface area contributed by atoms with Crippen molar-refractivity contribution < 1.29 is 0 Å². The van der Waals surface area contributed by atoms with Crippen LogP contribution in [0, 0.1) is 0 Å². The van der Waals surface area contributed by atoms with Crippen molar-refractivity contribution >= 4 is 16.9 Å². The van der Waals surface area contributed by atoms with Gasteiger partial charge in [-0.25, -0.2) is 4.98 Å². The van der Waals surface area contributed by atoms with Crippen LogP contribution in [0.15, 0.2) is 41.9 Å². The number of imidazole rings is 1. The van der Waals surface area contributed by atoms with Crippen molar-refractivity contribution in [2.24, 2.45) is 5.73 Å². The summed E-state index contributed by atoms with van der Waals surface area (Å²) in [7, 11) is 0. The topological polar surface area (TPSA) is 43.3 Å². The summed E-state index contributed by atoms with van der Waals surface area (Å²) in [6, 6.07) is 10.4. The molecular weight excluding hydrogens is 242 g/mol. The first-order valence-corrected chi connectivity index (χ1v) is 6.94. The van der Waals surface area contributed by atoms with Gasteiger partial charge < -0.3 is 10.1 Å². The van der Waals surface area contributed by atoms with Crippen molar-refractivity contribution in [2.75, 3.05) is 0 Å². The van der Waals surface area contributed by atoms with E-state index in [0.29, 0.717) is 6.54 Å². The van der Waals surface area contributed by atoms with Crippen molar-refractivity contribution in [3.8, 4) is 0 Å². The van der Waals surface area contributed by atoms with E-state index in [9.17, 15) is 0 Å². The van der Waals surface area contributed by atoms with Gasteiger partial charge in [0.2, 0.25) is 0 Å². The highest BCUT2D eigenvalue weighted by Crippen LogP contribution is 2.16. The van der Waals surface area contributed by atoms with Crippen LogP contribution in [0.5, 0.6) is 0 Å². The molecule has 0 atom stereocenters.